The van der Waals surface area contributed by atoms with Gasteiger partial charge < -0.3 is 20.3 Å². The van der Waals surface area contributed by atoms with Crippen LogP contribution in [0.25, 0.3) is 0 Å². The molecular weight excluding hydrogens is 414 g/mol. The van der Waals surface area contributed by atoms with Crippen molar-refractivity contribution in [3.63, 3.8) is 0 Å². The molecule has 172 valence electrons. The van der Waals surface area contributed by atoms with Gasteiger partial charge in [-0.05, 0) is 80.1 Å². The topological polar surface area (TPSA) is 79.4 Å². The zero-order valence-corrected chi connectivity index (χ0v) is 19.3. The van der Waals surface area contributed by atoms with Gasteiger partial charge in [0, 0.05) is 44.1 Å². The molecule has 7 heteroatoms. The number of aryl methyl sites for hydroxylation is 2. The van der Waals surface area contributed by atoms with Crippen LogP contribution in [0.15, 0.2) is 61.1 Å². The monoisotopic (exact) mass is 445 g/mol. The predicted octanol–water partition coefficient (Wildman–Crippen LogP) is 4.71. The lowest BCUT2D eigenvalue weighted by atomic mass is 10.0. The van der Waals surface area contributed by atoms with Crippen LogP contribution in [0, 0.1) is 13.8 Å². The van der Waals surface area contributed by atoms with Gasteiger partial charge in [0.15, 0.2) is 0 Å². The number of nitrogens with zero attached hydrogens (tertiary/aromatic N) is 3. The lowest BCUT2D eigenvalue weighted by molar-refractivity contribution is 0.197. The van der Waals surface area contributed by atoms with E-state index >= 15 is 0 Å². The molecule has 7 nitrogen and oxygen atoms in total. The van der Waals surface area contributed by atoms with Gasteiger partial charge in [0.05, 0.1) is 11.9 Å². The molecule has 0 atom stereocenters. The molecule has 0 bridgehead atoms. The van der Waals surface area contributed by atoms with Crippen molar-refractivity contribution in [3.05, 3.63) is 77.7 Å². The quantitative estimate of drug-likeness (QED) is 0.550. The number of piperidine rings is 1. The smallest absolute Gasteiger partial charge is 0.319 e. The van der Waals surface area contributed by atoms with Gasteiger partial charge in [0.1, 0.15) is 5.75 Å². The lowest BCUT2D eigenvalue weighted by Gasteiger charge is -2.32. The Balaban J connectivity index is 1.18. The van der Waals surface area contributed by atoms with E-state index in [1.807, 2.05) is 37.5 Å². The first kappa shape index (κ1) is 22.7. The Bertz CT molecular complexity index is 1050. The highest BCUT2D eigenvalue weighted by Crippen LogP contribution is 2.23. The van der Waals surface area contributed by atoms with E-state index in [0.717, 1.165) is 44.6 Å². The molecule has 1 aliphatic heterocycles. The summed E-state index contributed by atoms with van der Waals surface area (Å²) in [4.78, 5) is 23.2. The van der Waals surface area contributed by atoms with E-state index in [9.17, 15) is 4.79 Å². The molecule has 1 saturated heterocycles. The molecule has 1 aliphatic rings. The van der Waals surface area contributed by atoms with E-state index in [0.29, 0.717) is 11.6 Å². The Hall–Kier alpha value is -3.45. The minimum Gasteiger partial charge on any atom is -0.439 e. The number of ether oxygens (including phenoxy) is 1. The van der Waals surface area contributed by atoms with Crippen molar-refractivity contribution < 1.29 is 9.53 Å². The highest BCUT2D eigenvalue weighted by atomic mass is 16.5. The number of hydrogen-bond donors (Lipinski definition) is 2. The fourth-order valence-corrected chi connectivity index (χ4v) is 3.90. The molecule has 3 heterocycles. The van der Waals surface area contributed by atoms with Crippen LogP contribution in [0.3, 0.4) is 0 Å². The first-order valence-corrected chi connectivity index (χ1v) is 11.4. The molecular formula is C26H31N5O2. The number of benzene rings is 1. The Labute approximate surface area is 195 Å². The largest absolute Gasteiger partial charge is 0.439 e. The maximum atomic E-state index is 12.4. The van der Waals surface area contributed by atoms with Gasteiger partial charge in [-0.3, -0.25) is 4.98 Å². The van der Waals surface area contributed by atoms with Crippen LogP contribution in [-0.4, -0.2) is 46.6 Å². The molecule has 1 aromatic carbocycles. The van der Waals surface area contributed by atoms with Crippen molar-refractivity contribution in [2.45, 2.75) is 39.2 Å². The highest BCUT2D eigenvalue weighted by molar-refractivity contribution is 5.89. The van der Waals surface area contributed by atoms with E-state index in [1.165, 1.54) is 16.7 Å². The van der Waals surface area contributed by atoms with Gasteiger partial charge in [-0.25, -0.2) is 9.78 Å². The fraction of sp³-hybridized carbons (Fsp3) is 0.346. The second kappa shape index (κ2) is 10.9. The van der Waals surface area contributed by atoms with Gasteiger partial charge in [0.25, 0.3) is 0 Å². The van der Waals surface area contributed by atoms with Gasteiger partial charge >= 0.3 is 6.03 Å². The summed E-state index contributed by atoms with van der Waals surface area (Å²) in [5.74, 6) is 1.24. The maximum absolute atomic E-state index is 12.4. The number of urea groups is 1. The van der Waals surface area contributed by atoms with Gasteiger partial charge in [-0.15, -0.1) is 0 Å². The molecule has 4 rings (SSSR count). The van der Waals surface area contributed by atoms with Crippen molar-refractivity contribution >= 4 is 11.7 Å². The average Bonchev–Trinajstić information content (AvgIpc) is 2.83. The molecule has 1 fully saturated rings. The standard InChI is InChI=1S/C26H31N5O2/c1-19-3-5-24(17-20(19)2)33-25-6-4-23(18-28-25)30-26(32)29-22-10-15-31(16-11-22)14-9-21-7-12-27-13-8-21/h3-8,12-13,17-18,22H,9-11,14-16H2,1-2H3,(H2,29,30,32). The normalized spacial score (nSPS) is 14.6. The number of anilines is 1. The van der Waals surface area contributed by atoms with Crippen LogP contribution in [0.2, 0.25) is 0 Å². The third-order valence-corrected chi connectivity index (χ3v) is 6.08. The highest BCUT2D eigenvalue weighted by Gasteiger charge is 2.20. The maximum Gasteiger partial charge on any atom is 0.319 e. The summed E-state index contributed by atoms with van der Waals surface area (Å²) >= 11 is 0. The number of carbonyl (C=O) groups excluding carboxylic acids is 1. The zero-order valence-electron chi connectivity index (χ0n) is 19.3. The number of rotatable bonds is 7. The van der Waals surface area contributed by atoms with E-state index in [4.69, 9.17) is 4.74 Å². The Morgan fingerprint density at radius 3 is 2.55 bits per heavy atom. The zero-order chi connectivity index (χ0) is 23.0. The fourth-order valence-electron chi connectivity index (χ4n) is 3.90. The minimum absolute atomic E-state index is 0.183. The van der Waals surface area contributed by atoms with E-state index in [1.54, 1.807) is 18.3 Å². The molecule has 2 N–H and O–H groups in total. The van der Waals surface area contributed by atoms with Crippen molar-refractivity contribution in [3.8, 4) is 11.6 Å². The number of amides is 2. The molecule has 2 amide bonds. The Morgan fingerprint density at radius 2 is 1.85 bits per heavy atom. The summed E-state index contributed by atoms with van der Waals surface area (Å²) in [6, 6.07) is 13.6. The second-order valence-electron chi connectivity index (χ2n) is 8.55. The van der Waals surface area contributed by atoms with Crippen LogP contribution in [0.1, 0.15) is 29.5 Å². The molecule has 0 aliphatic carbocycles. The predicted molar refractivity (Wildman–Crippen MR) is 130 cm³/mol. The number of aromatic nitrogens is 2. The third kappa shape index (κ3) is 6.76. The number of carbonyl (C=O) groups is 1. The second-order valence-corrected chi connectivity index (χ2v) is 8.55. The summed E-state index contributed by atoms with van der Waals surface area (Å²) in [7, 11) is 0. The SMILES string of the molecule is Cc1ccc(Oc2ccc(NC(=O)NC3CCN(CCc4ccncc4)CC3)cn2)cc1C. The number of pyridine rings is 2. The Morgan fingerprint density at radius 1 is 1.06 bits per heavy atom. The van der Waals surface area contributed by atoms with Crippen molar-refractivity contribution in [2.24, 2.45) is 0 Å². The summed E-state index contributed by atoms with van der Waals surface area (Å²) in [5, 5.41) is 5.95. The molecule has 2 aromatic heterocycles. The van der Waals surface area contributed by atoms with Crippen LogP contribution in [0.5, 0.6) is 11.6 Å². The van der Waals surface area contributed by atoms with Crippen LogP contribution >= 0.6 is 0 Å². The molecule has 0 spiro atoms. The summed E-state index contributed by atoms with van der Waals surface area (Å²) in [6.45, 7) is 7.12. The molecule has 0 saturated carbocycles. The molecule has 0 radical (unpaired) electrons. The Kier molecular flexibility index (Phi) is 7.52. The van der Waals surface area contributed by atoms with Crippen molar-refractivity contribution in [1.82, 2.24) is 20.2 Å². The van der Waals surface area contributed by atoms with Crippen LogP contribution in [0.4, 0.5) is 10.5 Å². The van der Waals surface area contributed by atoms with Crippen LogP contribution < -0.4 is 15.4 Å². The van der Waals surface area contributed by atoms with Gasteiger partial charge in [0.2, 0.25) is 5.88 Å². The van der Waals surface area contributed by atoms with Gasteiger partial charge in [-0.1, -0.05) is 6.07 Å². The van der Waals surface area contributed by atoms with Crippen LogP contribution in [-0.2, 0) is 6.42 Å². The molecule has 0 unspecified atom stereocenters. The summed E-state index contributed by atoms with van der Waals surface area (Å²) in [5.41, 5.74) is 4.33. The summed E-state index contributed by atoms with van der Waals surface area (Å²) < 4.78 is 5.81. The third-order valence-electron chi connectivity index (χ3n) is 6.08. The van der Waals surface area contributed by atoms with Crippen molar-refractivity contribution in [2.75, 3.05) is 25.0 Å². The van der Waals surface area contributed by atoms with Crippen molar-refractivity contribution in [1.29, 1.82) is 0 Å². The molecule has 3 aromatic rings. The molecule has 33 heavy (non-hydrogen) atoms. The van der Waals surface area contributed by atoms with E-state index < -0.39 is 0 Å². The summed E-state index contributed by atoms with van der Waals surface area (Å²) in [6.07, 6.45) is 8.21. The lowest BCUT2D eigenvalue weighted by Crippen LogP contribution is -2.46. The first-order valence-electron chi connectivity index (χ1n) is 11.4. The number of likely N-dealkylation sites (tertiary alicyclic amines) is 1. The minimum atomic E-state index is -0.199. The van der Waals surface area contributed by atoms with E-state index in [2.05, 4.69) is 44.6 Å². The number of nitrogens with one attached hydrogen (secondary N) is 2. The first-order chi connectivity index (χ1) is 16.0. The van der Waals surface area contributed by atoms with E-state index in [-0.39, 0.29) is 12.1 Å². The average molecular weight is 446 g/mol. The van der Waals surface area contributed by atoms with Gasteiger partial charge in [-0.2, -0.15) is 0 Å². The number of hydrogen-bond acceptors (Lipinski definition) is 5.